The van der Waals surface area contributed by atoms with Crippen LogP contribution in [0.5, 0.6) is 11.5 Å². The number of anilines is 1. The zero-order valence-corrected chi connectivity index (χ0v) is 17.2. The van der Waals surface area contributed by atoms with Gasteiger partial charge in [0.1, 0.15) is 11.9 Å². The van der Waals surface area contributed by atoms with Crippen LogP contribution in [0.1, 0.15) is 23.4 Å². The second kappa shape index (κ2) is 8.56. The summed E-state index contributed by atoms with van der Waals surface area (Å²) in [5.74, 6) is 0.940. The van der Waals surface area contributed by atoms with Crippen LogP contribution in [0, 0.1) is 6.92 Å². The maximum absolute atomic E-state index is 12.7. The summed E-state index contributed by atoms with van der Waals surface area (Å²) < 4.78 is 10.7. The van der Waals surface area contributed by atoms with Crippen molar-refractivity contribution in [3.8, 4) is 11.5 Å². The summed E-state index contributed by atoms with van der Waals surface area (Å²) in [6.45, 7) is 3.84. The third-order valence-electron chi connectivity index (χ3n) is 4.59. The van der Waals surface area contributed by atoms with Gasteiger partial charge in [0.25, 0.3) is 0 Å². The minimum Gasteiger partial charge on any atom is -0.493 e. The zero-order chi connectivity index (χ0) is 20.3. The summed E-state index contributed by atoms with van der Waals surface area (Å²) in [5.41, 5.74) is 2.72. The molecule has 148 valence electrons. The minimum atomic E-state index is -0.258. The standard InChI is InChI=1S/C21H24N2O4S/c1-13-5-8-16(9-6-13)22-19(24)12-23-20(25)14(2)28-21(23)15-7-10-17(26-3)18(11-15)27-4/h5-11,14,21H,12H2,1-4H3,(H,22,24)/t14-,21+/m0/s1. The number of hydrogen-bond donors (Lipinski definition) is 1. The first-order chi connectivity index (χ1) is 13.4. The van der Waals surface area contributed by atoms with E-state index in [0.29, 0.717) is 17.2 Å². The molecule has 0 spiro atoms. The van der Waals surface area contributed by atoms with Crippen molar-refractivity contribution >= 4 is 29.3 Å². The second-order valence-electron chi connectivity index (χ2n) is 6.63. The third kappa shape index (κ3) is 4.25. The smallest absolute Gasteiger partial charge is 0.244 e. The predicted octanol–water partition coefficient (Wildman–Crippen LogP) is 3.61. The van der Waals surface area contributed by atoms with Crippen molar-refractivity contribution in [3.63, 3.8) is 0 Å². The number of benzene rings is 2. The van der Waals surface area contributed by atoms with Crippen LogP contribution in [0.3, 0.4) is 0 Å². The number of ether oxygens (including phenoxy) is 2. The molecule has 0 bridgehead atoms. The molecule has 3 rings (SSSR count). The molecule has 1 N–H and O–H groups in total. The first kappa shape index (κ1) is 20.1. The van der Waals surface area contributed by atoms with Crippen molar-refractivity contribution in [1.82, 2.24) is 4.90 Å². The van der Waals surface area contributed by atoms with E-state index >= 15 is 0 Å². The van der Waals surface area contributed by atoms with Crippen molar-refractivity contribution in [2.75, 3.05) is 26.1 Å². The molecule has 28 heavy (non-hydrogen) atoms. The van der Waals surface area contributed by atoms with E-state index in [1.165, 1.54) is 11.8 Å². The molecule has 1 saturated heterocycles. The van der Waals surface area contributed by atoms with Gasteiger partial charge in [-0.05, 0) is 43.7 Å². The highest BCUT2D eigenvalue weighted by Gasteiger charge is 2.39. The van der Waals surface area contributed by atoms with Crippen LogP contribution in [0.15, 0.2) is 42.5 Å². The fourth-order valence-electron chi connectivity index (χ4n) is 3.09. The van der Waals surface area contributed by atoms with Gasteiger partial charge in [-0.1, -0.05) is 23.8 Å². The van der Waals surface area contributed by atoms with E-state index in [9.17, 15) is 9.59 Å². The number of aryl methyl sites for hydroxylation is 1. The van der Waals surface area contributed by atoms with E-state index in [0.717, 1.165) is 11.1 Å². The fourth-order valence-corrected chi connectivity index (χ4v) is 4.36. The van der Waals surface area contributed by atoms with Crippen LogP contribution in [0.4, 0.5) is 5.69 Å². The molecular formula is C21H24N2O4S. The van der Waals surface area contributed by atoms with E-state index < -0.39 is 0 Å². The lowest BCUT2D eigenvalue weighted by Crippen LogP contribution is -2.37. The molecule has 6 nitrogen and oxygen atoms in total. The molecule has 7 heteroatoms. The molecule has 1 heterocycles. The number of hydrogen-bond acceptors (Lipinski definition) is 5. The average Bonchev–Trinajstić information content (AvgIpc) is 2.97. The number of methoxy groups -OCH3 is 2. The van der Waals surface area contributed by atoms with Crippen LogP contribution in [0.2, 0.25) is 0 Å². The van der Waals surface area contributed by atoms with Crippen LogP contribution < -0.4 is 14.8 Å². The van der Waals surface area contributed by atoms with E-state index in [2.05, 4.69) is 5.32 Å². The highest BCUT2D eigenvalue weighted by molar-refractivity contribution is 8.01. The number of nitrogens with zero attached hydrogens (tertiary/aromatic N) is 1. The van der Waals surface area contributed by atoms with E-state index in [1.54, 1.807) is 19.1 Å². The van der Waals surface area contributed by atoms with E-state index in [4.69, 9.17) is 9.47 Å². The SMILES string of the molecule is COc1ccc([C@H]2S[C@@H](C)C(=O)N2CC(=O)Nc2ccc(C)cc2)cc1OC. The summed E-state index contributed by atoms with van der Waals surface area (Å²) in [5, 5.41) is 2.38. The molecule has 1 aliphatic rings. The normalized spacial score (nSPS) is 18.9. The molecule has 0 unspecified atom stereocenters. The third-order valence-corrected chi connectivity index (χ3v) is 5.98. The predicted molar refractivity (Wildman–Crippen MR) is 111 cm³/mol. The Morgan fingerprint density at radius 3 is 2.43 bits per heavy atom. The van der Waals surface area contributed by atoms with Crippen molar-refractivity contribution in [3.05, 3.63) is 53.6 Å². The molecule has 2 atom stereocenters. The Balaban J connectivity index is 1.78. The summed E-state index contributed by atoms with van der Waals surface area (Å²) in [6.07, 6.45) is 0. The molecule has 0 saturated carbocycles. The van der Waals surface area contributed by atoms with Gasteiger partial charge in [-0.2, -0.15) is 0 Å². The largest absolute Gasteiger partial charge is 0.493 e. The van der Waals surface area contributed by atoms with Gasteiger partial charge in [0.2, 0.25) is 11.8 Å². The van der Waals surface area contributed by atoms with Crippen molar-refractivity contribution in [2.45, 2.75) is 24.5 Å². The van der Waals surface area contributed by atoms with E-state index in [1.807, 2.05) is 56.3 Å². The van der Waals surface area contributed by atoms with Gasteiger partial charge >= 0.3 is 0 Å². The van der Waals surface area contributed by atoms with Gasteiger partial charge in [0, 0.05) is 5.69 Å². The highest BCUT2D eigenvalue weighted by Crippen LogP contribution is 2.44. The number of thioether (sulfide) groups is 1. The number of amides is 2. The van der Waals surface area contributed by atoms with Gasteiger partial charge in [-0.3, -0.25) is 9.59 Å². The van der Waals surface area contributed by atoms with Gasteiger partial charge in [0.15, 0.2) is 11.5 Å². The molecule has 0 radical (unpaired) electrons. The maximum atomic E-state index is 12.7. The molecule has 0 aromatic heterocycles. The summed E-state index contributed by atoms with van der Waals surface area (Å²) >= 11 is 1.52. The Morgan fingerprint density at radius 1 is 1.11 bits per heavy atom. The monoisotopic (exact) mass is 400 g/mol. The average molecular weight is 401 g/mol. The lowest BCUT2D eigenvalue weighted by Gasteiger charge is -2.24. The van der Waals surface area contributed by atoms with Gasteiger partial charge in [0.05, 0.1) is 19.5 Å². The first-order valence-corrected chi connectivity index (χ1v) is 9.91. The zero-order valence-electron chi connectivity index (χ0n) is 16.4. The summed E-state index contributed by atoms with van der Waals surface area (Å²) in [6, 6.07) is 13.1. The topological polar surface area (TPSA) is 67.9 Å². The van der Waals surface area contributed by atoms with Crippen LogP contribution >= 0.6 is 11.8 Å². The maximum Gasteiger partial charge on any atom is 0.244 e. The fraction of sp³-hybridized carbons (Fsp3) is 0.333. The molecule has 1 aliphatic heterocycles. The van der Waals surface area contributed by atoms with Gasteiger partial charge in [-0.25, -0.2) is 0 Å². The number of carbonyl (C=O) groups is 2. The number of carbonyl (C=O) groups excluding carboxylic acids is 2. The lowest BCUT2D eigenvalue weighted by atomic mass is 10.1. The van der Waals surface area contributed by atoms with Gasteiger partial charge < -0.3 is 19.7 Å². The van der Waals surface area contributed by atoms with Crippen LogP contribution in [-0.2, 0) is 9.59 Å². The Kier molecular flexibility index (Phi) is 6.14. The van der Waals surface area contributed by atoms with Crippen molar-refractivity contribution < 1.29 is 19.1 Å². The minimum absolute atomic E-state index is 0.0109. The molecule has 2 amide bonds. The molecule has 0 aliphatic carbocycles. The van der Waals surface area contributed by atoms with Crippen LogP contribution in [-0.4, -0.2) is 42.7 Å². The Morgan fingerprint density at radius 2 is 1.79 bits per heavy atom. The highest BCUT2D eigenvalue weighted by atomic mass is 32.2. The summed E-state index contributed by atoms with van der Waals surface area (Å²) in [4.78, 5) is 26.8. The number of nitrogens with one attached hydrogen (secondary N) is 1. The summed E-state index contributed by atoms with van der Waals surface area (Å²) in [7, 11) is 3.15. The quantitative estimate of drug-likeness (QED) is 0.802. The van der Waals surface area contributed by atoms with E-state index in [-0.39, 0.29) is 29.0 Å². The Hall–Kier alpha value is -2.67. The second-order valence-corrected chi connectivity index (χ2v) is 8.05. The Bertz CT molecular complexity index is 869. The van der Waals surface area contributed by atoms with Gasteiger partial charge in [-0.15, -0.1) is 11.8 Å². The first-order valence-electron chi connectivity index (χ1n) is 8.97. The number of rotatable bonds is 6. The van der Waals surface area contributed by atoms with Crippen molar-refractivity contribution in [2.24, 2.45) is 0 Å². The molecule has 2 aromatic carbocycles. The van der Waals surface area contributed by atoms with Crippen molar-refractivity contribution in [1.29, 1.82) is 0 Å². The molecular weight excluding hydrogens is 376 g/mol. The van der Waals surface area contributed by atoms with Crippen LogP contribution in [0.25, 0.3) is 0 Å². The lowest BCUT2D eigenvalue weighted by molar-refractivity contribution is -0.133. The molecule has 2 aromatic rings. The molecule has 1 fully saturated rings. The Labute approximate surface area is 169 Å².